The van der Waals surface area contributed by atoms with E-state index in [2.05, 4.69) is 20.7 Å². The predicted octanol–water partition coefficient (Wildman–Crippen LogP) is 3.68. The van der Waals surface area contributed by atoms with Crippen LogP contribution in [0.15, 0.2) is 51.8 Å². The van der Waals surface area contributed by atoms with Crippen LogP contribution in [-0.2, 0) is 21.3 Å². The molecule has 0 bridgehead atoms. The second-order valence-electron chi connectivity index (χ2n) is 4.24. The number of halogens is 2. The van der Waals surface area contributed by atoms with Gasteiger partial charge in [-0.3, -0.25) is 4.21 Å². The highest BCUT2D eigenvalue weighted by Gasteiger charge is 2.11. The molecule has 0 spiro atoms. The van der Waals surface area contributed by atoms with Crippen molar-refractivity contribution in [3.05, 3.63) is 63.9 Å². The summed E-state index contributed by atoms with van der Waals surface area (Å²) in [6.45, 7) is 0. The van der Waals surface area contributed by atoms with Crippen LogP contribution in [0.1, 0.15) is 15.9 Å². The van der Waals surface area contributed by atoms with Gasteiger partial charge >= 0.3 is 5.97 Å². The molecule has 0 aromatic heterocycles. The van der Waals surface area contributed by atoms with Crippen molar-refractivity contribution < 1.29 is 18.1 Å². The molecule has 0 amide bonds. The quantitative estimate of drug-likeness (QED) is 0.771. The molecular formula is C15H12BrFO3S. The summed E-state index contributed by atoms with van der Waals surface area (Å²) in [6, 6.07) is 10.5. The Morgan fingerprint density at radius 2 is 1.90 bits per heavy atom. The van der Waals surface area contributed by atoms with E-state index in [1.807, 2.05) is 0 Å². The first-order chi connectivity index (χ1) is 10.0. The van der Waals surface area contributed by atoms with Crippen LogP contribution in [-0.4, -0.2) is 17.3 Å². The third-order valence-electron chi connectivity index (χ3n) is 2.84. The lowest BCUT2D eigenvalue weighted by atomic mass is 10.1. The minimum Gasteiger partial charge on any atom is -0.465 e. The van der Waals surface area contributed by atoms with Gasteiger partial charge in [0.2, 0.25) is 0 Å². The molecule has 0 fully saturated rings. The lowest BCUT2D eigenvalue weighted by molar-refractivity contribution is 0.0600. The summed E-state index contributed by atoms with van der Waals surface area (Å²) in [7, 11) is 0.0284. The molecule has 0 aliphatic heterocycles. The smallest absolute Gasteiger partial charge is 0.337 e. The largest absolute Gasteiger partial charge is 0.465 e. The molecule has 3 nitrogen and oxygen atoms in total. The normalized spacial score (nSPS) is 12.0. The summed E-state index contributed by atoms with van der Waals surface area (Å²) >= 11 is 3.36. The van der Waals surface area contributed by atoms with Crippen molar-refractivity contribution in [2.75, 3.05) is 7.11 Å². The highest BCUT2D eigenvalue weighted by atomic mass is 79.9. The Hall–Kier alpha value is -1.53. The van der Waals surface area contributed by atoms with E-state index in [1.165, 1.54) is 31.4 Å². The molecule has 0 aliphatic carbocycles. The summed E-state index contributed by atoms with van der Waals surface area (Å²) in [5.74, 6) is -0.519. The first kappa shape index (κ1) is 15.9. The van der Waals surface area contributed by atoms with Crippen molar-refractivity contribution in [1.82, 2.24) is 0 Å². The monoisotopic (exact) mass is 370 g/mol. The van der Waals surface area contributed by atoms with E-state index in [0.29, 0.717) is 14.9 Å². The molecular weight excluding hydrogens is 359 g/mol. The minimum atomic E-state index is -1.28. The van der Waals surface area contributed by atoms with Gasteiger partial charge in [0.15, 0.2) is 0 Å². The molecule has 0 N–H and O–H groups in total. The van der Waals surface area contributed by atoms with Gasteiger partial charge in [-0.05, 0) is 42.0 Å². The second-order valence-corrected chi connectivity index (χ2v) is 6.55. The lowest BCUT2D eigenvalue weighted by Crippen LogP contribution is -2.03. The topological polar surface area (TPSA) is 43.4 Å². The van der Waals surface area contributed by atoms with Crippen LogP contribution in [0.25, 0.3) is 0 Å². The summed E-state index contributed by atoms with van der Waals surface area (Å²) in [5.41, 5.74) is 1.21. The van der Waals surface area contributed by atoms with Crippen molar-refractivity contribution in [2.24, 2.45) is 0 Å². The third kappa shape index (κ3) is 3.98. The number of hydrogen-bond acceptors (Lipinski definition) is 3. The van der Waals surface area contributed by atoms with E-state index >= 15 is 0 Å². The van der Waals surface area contributed by atoms with Crippen molar-refractivity contribution in [2.45, 2.75) is 10.6 Å². The van der Waals surface area contributed by atoms with Crippen molar-refractivity contribution in [3.63, 3.8) is 0 Å². The highest BCUT2D eigenvalue weighted by molar-refractivity contribution is 9.10. The third-order valence-corrected chi connectivity index (χ3v) is 4.95. The Bertz CT molecular complexity index is 686. The molecule has 0 saturated carbocycles. The SMILES string of the molecule is COC(=O)c1ccc(CS(=O)c2ccc(F)cc2)c(Br)c1. The van der Waals surface area contributed by atoms with E-state index in [1.54, 1.807) is 18.2 Å². The van der Waals surface area contributed by atoms with Gasteiger partial charge in [0.05, 0.1) is 29.2 Å². The number of methoxy groups -OCH3 is 1. The molecule has 6 heteroatoms. The van der Waals surface area contributed by atoms with E-state index < -0.39 is 16.8 Å². The van der Waals surface area contributed by atoms with Gasteiger partial charge in [0.25, 0.3) is 0 Å². The van der Waals surface area contributed by atoms with Gasteiger partial charge in [-0.1, -0.05) is 22.0 Å². The molecule has 0 radical (unpaired) electrons. The zero-order valence-corrected chi connectivity index (χ0v) is 13.5. The summed E-state index contributed by atoms with van der Waals surface area (Å²) in [6.07, 6.45) is 0. The number of benzene rings is 2. The predicted molar refractivity (Wildman–Crippen MR) is 82.0 cm³/mol. The van der Waals surface area contributed by atoms with Crippen LogP contribution in [0.5, 0.6) is 0 Å². The number of carbonyl (C=O) groups is 1. The first-order valence-corrected chi connectivity index (χ1v) is 8.13. The Labute approximate surface area is 132 Å². The molecule has 0 heterocycles. The Morgan fingerprint density at radius 1 is 1.24 bits per heavy atom. The van der Waals surface area contributed by atoms with Gasteiger partial charge in [0.1, 0.15) is 5.82 Å². The van der Waals surface area contributed by atoms with Gasteiger partial charge in [-0.25, -0.2) is 9.18 Å². The lowest BCUT2D eigenvalue weighted by Gasteiger charge is -2.07. The van der Waals surface area contributed by atoms with Gasteiger partial charge in [-0.2, -0.15) is 0 Å². The Morgan fingerprint density at radius 3 is 2.48 bits per heavy atom. The second kappa shape index (κ2) is 6.95. The van der Waals surface area contributed by atoms with Crippen LogP contribution >= 0.6 is 15.9 Å². The fourth-order valence-electron chi connectivity index (χ4n) is 1.72. The molecule has 2 rings (SSSR count). The van der Waals surface area contributed by atoms with E-state index in [9.17, 15) is 13.4 Å². The molecule has 0 saturated heterocycles. The van der Waals surface area contributed by atoms with E-state index in [4.69, 9.17) is 0 Å². The van der Waals surface area contributed by atoms with Crippen molar-refractivity contribution in [3.8, 4) is 0 Å². The number of hydrogen-bond donors (Lipinski definition) is 0. The fraction of sp³-hybridized carbons (Fsp3) is 0.133. The Balaban J connectivity index is 2.18. The maximum Gasteiger partial charge on any atom is 0.337 e. The fourth-order valence-corrected chi connectivity index (χ4v) is 3.57. The minimum absolute atomic E-state index is 0.271. The van der Waals surface area contributed by atoms with Crippen LogP contribution in [0.3, 0.4) is 0 Å². The average Bonchev–Trinajstić information content (AvgIpc) is 2.49. The molecule has 21 heavy (non-hydrogen) atoms. The van der Waals surface area contributed by atoms with E-state index in [0.717, 1.165) is 5.56 Å². The zero-order chi connectivity index (χ0) is 15.4. The first-order valence-electron chi connectivity index (χ1n) is 6.02. The van der Waals surface area contributed by atoms with Gasteiger partial charge in [0, 0.05) is 9.37 Å². The van der Waals surface area contributed by atoms with Crippen LogP contribution in [0.4, 0.5) is 4.39 Å². The molecule has 2 aromatic carbocycles. The van der Waals surface area contributed by atoms with Crippen LogP contribution < -0.4 is 0 Å². The molecule has 0 aliphatic rings. The summed E-state index contributed by atoms with van der Waals surface area (Å²) in [4.78, 5) is 12.0. The maximum absolute atomic E-state index is 12.8. The summed E-state index contributed by atoms with van der Waals surface area (Å²) in [5, 5.41) is 0. The van der Waals surface area contributed by atoms with Crippen LogP contribution in [0, 0.1) is 5.82 Å². The maximum atomic E-state index is 12.8. The van der Waals surface area contributed by atoms with Crippen LogP contribution in [0.2, 0.25) is 0 Å². The average molecular weight is 371 g/mol. The molecule has 2 aromatic rings. The van der Waals surface area contributed by atoms with Crippen molar-refractivity contribution in [1.29, 1.82) is 0 Å². The number of esters is 1. The van der Waals surface area contributed by atoms with Crippen molar-refractivity contribution >= 4 is 32.7 Å². The van der Waals surface area contributed by atoms with Gasteiger partial charge in [-0.15, -0.1) is 0 Å². The number of carbonyl (C=O) groups excluding carboxylic acids is 1. The molecule has 1 atom stereocenters. The molecule has 1 unspecified atom stereocenters. The standard InChI is InChI=1S/C15H12BrFO3S/c1-20-15(18)10-2-3-11(14(16)8-10)9-21(19)13-6-4-12(17)5-7-13/h2-8H,9H2,1H3. The molecule has 110 valence electrons. The van der Waals surface area contributed by atoms with Gasteiger partial charge < -0.3 is 4.74 Å². The van der Waals surface area contributed by atoms with E-state index in [-0.39, 0.29) is 11.6 Å². The number of rotatable bonds is 4. The zero-order valence-electron chi connectivity index (χ0n) is 11.1. The summed E-state index contributed by atoms with van der Waals surface area (Å²) < 4.78 is 30.4. The number of ether oxygens (including phenoxy) is 1. The highest BCUT2D eigenvalue weighted by Crippen LogP contribution is 2.22. The Kier molecular flexibility index (Phi) is 5.25.